The molecular weight excluding hydrogens is 314 g/mol. The van der Waals surface area contributed by atoms with Crippen molar-refractivity contribution in [2.75, 3.05) is 5.75 Å². The molecule has 2 heterocycles. The van der Waals surface area contributed by atoms with Crippen molar-refractivity contribution in [2.24, 2.45) is 0 Å². The molecule has 3 rings (SSSR count). The Labute approximate surface area is 139 Å². The summed E-state index contributed by atoms with van der Waals surface area (Å²) in [6, 6.07) is 11.5. The lowest BCUT2D eigenvalue weighted by molar-refractivity contribution is -0.0786. The molecule has 6 heteroatoms. The number of hydrogen-bond acceptors (Lipinski definition) is 6. The van der Waals surface area contributed by atoms with Gasteiger partial charge in [0.2, 0.25) is 0 Å². The maximum atomic E-state index is 10.0. The van der Waals surface area contributed by atoms with E-state index >= 15 is 0 Å². The molecule has 23 heavy (non-hydrogen) atoms. The highest BCUT2D eigenvalue weighted by Gasteiger charge is 2.38. The lowest BCUT2D eigenvalue weighted by atomic mass is 10.1. The zero-order valence-electron chi connectivity index (χ0n) is 12.7. The molecule has 0 spiro atoms. The molecular formula is C17H19NO4S. The molecule has 5 nitrogen and oxygen atoms in total. The molecule has 4 atom stereocenters. The van der Waals surface area contributed by atoms with Gasteiger partial charge >= 0.3 is 0 Å². The van der Waals surface area contributed by atoms with E-state index in [2.05, 4.69) is 4.98 Å². The molecule has 0 amide bonds. The predicted molar refractivity (Wildman–Crippen MR) is 89.3 cm³/mol. The number of aliphatic hydroxyl groups excluding tert-OH is 3. The lowest BCUT2D eigenvalue weighted by Crippen LogP contribution is -2.50. The van der Waals surface area contributed by atoms with Gasteiger partial charge in [-0.25, -0.2) is 0 Å². The van der Waals surface area contributed by atoms with Crippen LogP contribution in [0.15, 0.2) is 42.6 Å². The van der Waals surface area contributed by atoms with Crippen LogP contribution in [-0.2, 0) is 0 Å². The van der Waals surface area contributed by atoms with Crippen LogP contribution in [0.25, 0.3) is 11.1 Å². The summed E-state index contributed by atoms with van der Waals surface area (Å²) in [7, 11) is 0. The largest absolute Gasteiger partial charge is 0.477 e. The van der Waals surface area contributed by atoms with Crippen molar-refractivity contribution < 1.29 is 20.1 Å². The van der Waals surface area contributed by atoms with Gasteiger partial charge in [-0.1, -0.05) is 12.1 Å². The van der Waals surface area contributed by atoms with E-state index in [1.807, 2.05) is 43.3 Å². The van der Waals surface area contributed by atoms with Crippen LogP contribution in [0.5, 0.6) is 5.75 Å². The lowest BCUT2D eigenvalue weighted by Gasteiger charge is -2.34. The highest BCUT2D eigenvalue weighted by Crippen LogP contribution is 2.31. The van der Waals surface area contributed by atoms with Crippen molar-refractivity contribution in [3.63, 3.8) is 0 Å². The van der Waals surface area contributed by atoms with Gasteiger partial charge in [-0.3, -0.25) is 4.98 Å². The zero-order valence-corrected chi connectivity index (χ0v) is 13.5. The first-order valence-electron chi connectivity index (χ1n) is 7.40. The van der Waals surface area contributed by atoms with Crippen LogP contribution in [0.1, 0.15) is 5.69 Å². The molecule has 1 fully saturated rings. The van der Waals surface area contributed by atoms with E-state index < -0.39 is 23.7 Å². The van der Waals surface area contributed by atoms with Crippen molar-refractivity contribution in [1.29, 1.82) is 0 Å². The molecule has 0 saturated carbocycles. The number of ether oxygens (including phenoxy) is 1. The third-order valence-corrected chi connectivity index (χ3v) is 5.01. The van der Waals surface area contributed by atoms with Gasteiger partial charge in [-0.15, -0.1) is 11.8 Å². The standard InChI is InChI=1S/C17H19NO4S/c1-10-7-12(5-6-18-10)11-3-2-4-13(8-11)22-17-16(21)15(20)14(19)9-23-17/h2-8,14-17,19-21H,9H2,1H3/t14-,15+,16-,17-/m1/s1. The molecule has 2 aromatic rings. The van der Waals surface area contributed by atoms with E-state index in [-0.39, 0.29) is 0 Å². The Kier molecular flexibility index (Phi) is 4.87. The SMILES string of the molecule is Cc1cc(-c2cccc(O[C@@H]3SC[C@@H](O)[C@H](O)[C@H]3O)c2)ccn1. The zero-order chi connectivity index (χ0) is 16.4. The Morgan fingerprint density at radius 3 is 2.65 bits per heavy atom. The van der Waals surface area contributed by atoms with Gasteiger partial charge in [-0.05, 0) is 42.3 Å². The van der Waals surface area contributed by atoms with E-state index in [0.29, 0.717) is 11.5 Å². The first-order valence-corrected chi connectivity index (χ1v) is 8.45. The topological polar surface area (TPSA) is 82.8 Å². The predicted octanol–water partition coefficient (Wildman–Crippen LogP) is 1.59. The van der Waals surface area contributed by atoms with Crippen molar-refractivity contribution >= 4 is 11.8 Å². The van der Waals surface area contributed by atoms with Gasteiger partial charge < -0.3 is 20.1 Å². The van der Waals surface area contributed by atoms with Gasteiger partial charge in [-0.2, -0.15) is 0 Å². The van der Waals surface area contributed by atoms with Crippen LogP contribution >= 0.6 is 11.8 Å². The fourth-order valence-corrected chi connectivity index (χ4v) is 3.61. The quantitative estimate of drug-likeness (QED) is 0.791. The molecule has 1 aromatic heterocycles. The van der Waals surface area contributed by atoms with Gasteiger partial charge in [0.05, 0.1) is 6.10 Å². The minimum atomic E-state index is -1.19. The number of benzene rings is 1. The highest BCUT2D eigenvalue weighted by molar-refractivity contribution is 7.99. The van der Waals surface area contributed by atoms with E-state index in [1.54, 1.807) is 6.20 Å². The molecule has 1 saturated heterocycles. The van der Waals surface area contributed by atoms with Gasteiger partial charge in [0.15, 0.2) is 5.44 Å². The fourth-order valence-electron chi connectivity index (χ4n) is 2.49. The summed E-state index contributed by atoms with van der Waals surface area (Å²) in [6.45, 7) is 1.94. The molecule has 0 unspecified atom stereocenters. The van der Waals surface area contributed by atoms with E-state index in [9.17, 15) is 15.3 Å². The Bertz CT molecular complexity index is 681. The second-order valence-electron chi connectivity index (χ2n) is 5.58. The van der Waals surface area contributed by atoms with Crippen molar-refractivity contribution in [2.45, 2.75) is 30.7 Å². The summed E-state index contributed by atoms with van der Waals surface area (Å²) in [5, 5.41) is 29.3. The molecule has 0 radical (unpaired) electrons. The number of aryl methyl sites for hydroxylation is 1. The average Bonchev–Trinajstić information content (AvgIpc) is 2.56. The summed E-state index contributed by atoms with van der Waals surface area (Å²) in [6.07, 6.45) is -1.49. The third-order valence-electron chi connectivity index (χ3n) is 3.77. The fraction of sp³-hybridized carbons (Fsp3) is 0.353. The number of hydrogen-bond donors (Lipinski definition) is 3. The Hall–Kier alpha value is -1.60. The molecule has 0 aliphatic carbocycles. The summed E-state index contributed by atoms with van der Waals surface area (Å²) in [4.78, 5) is 4.19. The Morgan fingerprint density at radius 2 is 1.87 bits per heavy atom. The molecule has 1 aromatic carbocycles. The second kappa shape index (κ2) is 6.88. The molecule has 0 bridgehead atoms. The smallest absolute Gasteiger partial charge is 0.173 e. The highest BCUT2D eigenvalue weighted by atomic mass is 32.2. The number of pyridine rings is 1. The molecule has 122 valence electrons. The van der Waals surface area contributed by atoms with Crippen molar-refractivity contribution in [3.05, 3.63) is 48.3 Å². The summed E-state index contributed by atoms with van der Waals surface area (Å²) >= 11 is 1.29. The number of thioether (sulfide) groups is 1. The van der Waals surface area contributed by atoms with Crippen LogP contribution in [0.3, 0.4) is 0 Å². The third kappa shape index (κ3) is 3.67. The second-order valence-corrected chi connectivity index (χ2v) is 6.71. The van der Waals surface area contributed by atoms with E-state index in [1.165, 1.54) is 11.8 Å². The number of rotatable bonds is 3. The van der Waals surface area contributed by atoms with E-state index in [0.717, 1.165) is 16.8 Å². The molecule has 1 aliphatic rings. The maximum absolute atomic E-state index is 10.0. The van der Waals surface area contributed by atoms with Gasteiger partial charge in [0.25, 0.3) is 0 Å². The minimum absolute atomic E-state index is 0.326. The summed E-state index contributed by atoms with van der Waals surface area (Å²) in [5.41, 5.74) is 2.35. The minimum Gasteiger partial charge on any atom is -0.477 e. The molecule has 3 N–H and O–H groups in total. The number of aliphatic hydroxyl groups is 3. The van der Waals surface area contributed by atoms with Crippen LogP contribution in [0.4, 0.5) is 0 Å². The number of nitrogens with zero attached hydrogens (tertiary/aromatic N) is 1. The summed E-state index contributed by atoms with van der Waals surface area (Å²) in [5.74, 6) is 0.934. The monoisotopic (exact) mass is 333 g/mol. The van der Waals surface area contributed by atoms with E-state index in [4.69, 9.17) is 4.74 Å². The van der Waals surface area contributed by atoms with Crippen LogP contribution in [-0.4, -0.2) is 49.8 Å². The normalized spacial score (nSPS) is 27.7. The van der Waals surface area contributed by atoms with Gasteiger partial charge in [0.1, 0.15) is 18.0 Å². The average molecular weight is 333 g/mol. The van der Waals surface area contributed by atoms with Gasteiger partial charge in [0, 0.05) is 17.6 Å². The summed E-state index contributed by atoms with van der Waals surface area (Å²) < 4.78 is 5.80. The Morgan fingerprint density at radius 1 is 1.09 bits per heavy atom. The van der Waals surface area contributed by atoms with Crippen molar-refractivity contribution in [3.8, 4) is 16.9 Å². The molecule has 1 aliphatic heterocycles. The van der Waals surface area contributed by atoms with Crippen LogP contribution in [0, 0.1) is 6.92 Å². The van der Waals surface area contributed by atoms with Crippen molar-refractivity contribution in [1.82, 2.24) is 4.98 Å². The number of aromatic nitrogens is 1. The van der Waals surface area contributed by atoms with Crippen LogP contribution in [0.2, 0.25) is 0 Å². The first kappa shape index (κ1) is 16.3. The first-order chi connectivity index (χ1) is 11.0. The maximum Gasteiger partial charge on any atom is 0.173 e. The Balaban J connectivity index is 1.78. The van der Waals surface area contributed by atoms with Crippen LogP contribution < -0.4 is 4.74 Å².